The van der Waals surface area contributed by atoms with Crippen LogP contribution in [0.25, 0.3) is 22.4 Å². The number of aryl methyl sites for hydroxylation is 1. The van der Waals surface area contributed by atoms with Gasteiger partial charge in [0.05, 0.1) is 11.0 Å². The first-order valence-electron chi connectivity index (χ1n) is 14.0. The molecule has 9 nitrogen and oxygen atoms in total. The van der Waals surface area contributed by atoms with Gasteiger partial charge in [0.1, 0.15) is 11.6 Å². The number of benzene rings is 2. The van der Waals surface area contributed by atoms with Crippen molar-refractivity contribution in [1.82, 2.24) is 19.8 Å². The summed E-state index contributed by atoms with van der Waals surface area (Å²) in [6.07, 6.45) is 2.90. The van der Waals surface area contributed by atoms with Crippen LogP contribution in [-0.2, 0) is 16.1 Å². The lowest BCUT2D eigenvalue weighted by Gasteiger charge is -2.33. The highest BCUT2D eigenvalue weighted by molar-refractivity contribution is 6.30. The molecule has 0 spiro atoms. The standard InChI is InChI=1S/C31H36ClN5O4/c1-40-16-6-15-37-26-11-3-2-10-25(26)35-30(37)22-8-5-14-36(20-22)29(38)18-24(33)19-34-31(39)28-13-12-27(41-28)21-7-4-9-23(32)17-21/h2-4,7,9-13,17,22,24H,5-6,8,14-16,18-20,33H2,1H3,(H,34,39). The summed E-state index contributed by atoms with van der Waals surface area (Å²) in [7, 11) is 1.71. The molecule has 2 aromatic carbocycles. The average Bonchev–Trinajstić information content (AvgIpc) is 3.62. The maximum atomic E-state index is 13.2. The molecule has 3 N–H and O–H groups in total. The Balaban J connectivity index is 1.16. The molecule has 2 aromatic heterocycles. The predicted molar refractivity (Wildman–Crippen MR) is 159 cm³/mol. The van der Waals surface area contributed by atoms with Gasteiger partial charge >= 0.3 is 0 Å². The fourth-order valence-electron chi connectivity index (χ4n) is 5.42. The zero-order valence-corrected chi connectivity index (χ0v) is 24.0. The van der Waals surface area contributed by atoms with Crippen molar-refractivity contribution < 1.29 is 18.7 Å². The minimum atomic E-state index is -0.521. The van der Waals surface area contributed by atoms with Crippen LogP contribution in [0.1, 0.15) is 48.0 Å². The van der Waals surface area contributed by atoms with Gasteiger partial charge in [-0.3, -0.25) is 9.59 Å². The molecule has 0 radical (unpaired) electrons. The number of aromatic nitrogens is 2. The molecule has 41 heavy (non-hydrogen) atoms. The highest BCUT2D eigenvalue weighted by Gasteiger charge is 2.29. The number of hydrogen-bond donors (Lipinski definition) is 2. The Hall–Kier alpha value is -3.66. The van der Waals surface area contributed by atoms with Crippen LogP contribution in [0.4, 0.5) is 0 Å². The quantitative estimate of drug-likeness (QED) is 0.246. The first-order chi connectivity index (χ1) is 19.9. The number of piperidine rings is 1. The lowest BCUT2D eigenvalue weighted by molar-refractivity contribution is -0.132. The largest absolute Gasteiger partial charge is 0.451 e. The van der Waals surface area contributed by atoms with Gasteiger partial charge in [0.2, 0.25) is 5.91 Å². The second-order valence-electron chi connectivity index (χ2n) is 10.5. The lowest BCUT2D eigenvalue weighted by atomic mass is 9.96. The number of nitrogens with one attached hydrogen (secondary N) is 1. The second kappa shape index (κ2) is 13.3. The molecule has 1 aliphatic rings. The van der Waals surface area contributed by atoms with E-state index in [1.54, 1.807) is 31.4 Å². The maximum Gasteiger partial charge on any atom is 0.287 e. The third kappa shape index (κ3) is 6.98. The van der Waals surface area contributed by atoms with Gasteiger partial charge in [0, 0.05) is 68.9 Å². The monoisotopic (exact) mass is 577 g/mol. The Morgan fingerprint density at radius 3 is 2.88 bits per heavy atom. The Kier molecular flexibility index (Phi) is 9.38. The zero-order chi connectivity index (χ0) is 28.8. The van der Waals surface area contributed by atoms with Crippen molar-refractivity contribution in [3.63, 3.8) is 0 Å². The van der Waals surface area contributed by atoms with Crippen LogP contribution in [0.3, 0.4) is 0 Å². The number of ether oxygens (including phenoxy) is 1. The molecule has 0 saturated carbocycles. The van der Waals surface area contributed by atoms with E-state index in [-0.39, 0.29) is 36.5 Å². The summed E-state index contributed by atoms with van der Waals surface area (Å²) in [6.45, 7) is 2.94. The van der Waals surface area contributed by atoms with Gasteiger partial charge in [-0.25, -0.2) is 4.98 Å². The molecule has 1 aliphatic heterocycles. The Morgan fingerprint density at radius 1 is 1.20 bits per heavy atom. The SMILES string of the molecule is COCCCn1c(C2CCCN(C(=O)CC(N)CNC(=O)c3ccc(-c4cccc(Cl)c4)o3)C2)nc2ccccc21. The molecule has 0 bridgehead atoms. The van der Waals surface area contributed by atoms with Gasteiger partial charge in [-0.1, -0.05) is 35.9 Å². The highest BCUT2D eigenvalue weighted by atomic mass is 35.5. The van der Waals surface area contributed by atoms with Crippen molar-refractivity contribution in [3.05, 3.63) is 77.3 Å². The van der Waals surface area contributed by atoms with E-state index in [0.29, 0.717) is 30.5 Å². The van der Waals surface area contributed by atoms with Crippen LogP contribution in [0.2, 0.25) is 5.02 Å². The van der Waals surface area contributed by atoms with Crippen molar-refractivity contribution in [1.29, 1.82) is 0 Å². The van der Waals surface area contributed by atoms with Gasteiger partial charge in [-0.2, -0.15) is 0 Å². The van der Waals surface area contributed by atoms with Crippen molar-refractivity contribution >= 4 is 34.4 Å². The van der Waals surface area contributed by atoms with Crippen molar-refractivity contribution in [2.75, 3.05) is 33.4 Å². The fraction of sp³-hybridized carbons (Fsp3) is 0.387. The molecule has 0 aliphatic carbocycles. The number of likely N-dealkylation sites (tertiary alicyclic amines) is 1. The number of nitrogens with two attached hydrogens (primary N) is 1. The van der Waals surface area contributed by atoms with E-state index in [1.807, 2.05) is 35.2 Å². The van der Waals surface area contributed by atoms with Crippen LogP contribution >= 0.6 is 11.6 Å². The Bertz CT molecular complexity index is 1500. The minimum absolute atomic E-state index is 0.0141. The van der Waals surface area contributed by atoms with Gasteiger partial charge in [0.25, 0.3) is 5.91 Å². The van der Waals surface area contributed by atoms with E-state index >= 15 is 0 Å². The van der Waals surface area contributed by atoms with E-state index in [4.69, 9.17) is 31.5 Å². The molecule has 1 fully saturated rings. The van der Waals surface area contributed by atoms with Gasteiger partial charge in [0.15, 0.2) is 5.76 Å². The average molecular weight is 578 g/mol. The first-order valence-corrected chi connectivity index (χ1v) is 14.4. The molecule has 2 atom stereocenters. The van der Waals surface area contributed by atoms with E-state index in [2.05, 4.69) is 16.0 Å². The van der Waals surface area contributed by atoms with E-state index in [1.165, 1.54) is 0 Å². The molecule has 10 heteroatoms. The van der Waals surface area contributed by atoms with Gasteiger partial charge in [-0.05, 0) is 55.7 Å². The summed E-state index contributed by atoms with van der Waals surface area (Å²) in [6, 6.07) is 18.2. The molecule has 4 aromatic rings. The highest BCUT2D eigenvalue weighted by Crippen LogP contribution is 2.30. The maximum absolute atomic E-state index is 13.2. The van der Waals surface area contributed by atoms with E-state index in [0.717, 1.165) is 48.2 Å². The third-order valence-corrected chi connectivity index (χ3v) is 7.69. The number of para-hydroxylation sites is 2. The van der Waals surface area contributed by atoms with Crippen LogP contribution in [0.5, 0.6) is 0 Å². The molecule has 216 valence electrons. The number of imidazole rings is 1. The second-order valence-corrected chi connectivity index (χ2v) is 10.9. The Labute approximate surface area is 244 Å². The number of hydrogen-bond acceptors (Lipinski definition) is 6. The topological polar surface area (TPSA) is 116 Å². The van der Waals surface area contributed by atoms with Crippen LogP contribution in [0.15, 0.2) is 65.1 Å². The number of methoxy groups -OCH3 is 1. The molecule has 2 amide bonds. The van der Waals surface area contributed by atoms with E-state index < -0.39 is 6.04 Å². The third-order valence-electron chi connectivity index (χ3n) is 7.45. The molecule has 3 heterocycles. The molecule has 2 unspecified atom stereocenters. The van der Waals surface area contributed by atoms with E-state index in [9.17, 15) is 9.59 Å². The number of nitrogens with zero attached hydrogens (tertiary/aromatic N) is 3. The molecular formula is C31H36ClN5O4. The predicted octanol–water partition coefficient (Wildman–Crippen LogP) is 4.84. The minimum Gasteiger partial charge on any atom is -0.451 e. The summed E-state index contributed by atoms with van der Waals surface area (Å²) in [5, 5.41) is 3.37. The number of rotatable bonds is 11. The number of carbonyl (C=O) groups is 2. The van der Waals surface area contributed by atoms with Crippen LogP contribution < -0.4 is 11.1 Å². The number of halogens is 1. The summed E-state index contributed by atoms with van der Waals surface area (Å²) >= 11 is 6.06. The Morgan fingerprint density at radius 2 is 2.05 bits per heavy atom. The number of amides is 2. The van der Waals surface area contributed by atoms with Crippen molar-refractivity contribution in [2.24, 2.45) is 5.73 Å². The van der Waals surface area contributed by atoms with Crippen molar-refractivity contribution in [3.8, 4) is 11.3 Å². The first kappa shape index (κ1) is 28.9. The van der Waals surface area contributed by atoms with Crippen LogP contribution in [0, 0.1) is 0 Å². The fourth-order valence-corrected chi connectivity index (χ4v) is 5.61. The molecule has 5 rings (SSSR count). The van der Waals surface area contributed by atoms with Crippen molar-refractivity contribution in [2.45, 2.75) is 44.2 Å². The van der Waals surface area contributed by atoms with Gasteiger partial charge < -0.3 is 29.7 Å². The summed E-state index contributed by atoms with van der Waals surface area (Å²) in [5.41, 5.74) is 9.13. The van der Waals surface area contributed by atoms with Crippen LogP contribution in [-0.4, -0.2) is 65.7 Å². The lowest BCUT2D eigenvalue weighted by Crippen LogP contribution is -2.45. The molecule has 1 saturated heterocycles. The smallest absolute Gasteiger partial charge is 0.287 e. The van der Waals surface area contributed by atoms with Gasteiger partial charge in [-0.15, -0.1) is 0 Å². The number of fused-ring (bicyclic) bond motifs is 1. The summed E-state index contributed by atoms with van der Waals surface area (Å²) in [4.78, 5) is 32.7. The molecular weight excluding hydrogens is 542 g/mol. The summed E-state index contributed by atoms with van der Waals surface area (Å²) in [5.74, 6) is 1.49. The number of furan rings is 1. The number of carbonyl (C=O) groups excluding carboxylic acids is 2. The normalized spacial score (nSPS) is 16.2. The summed E-state index contributed by atoms with van der Waals surface area (Å²) < 4.78 is 13.3. The zero-order valence-electron chi connectivity index (χ0n) is 23.2.